The zero-order valence-electron chi connectivity index (χ0n) is 12.2. The van der Waals surface area contributed by atoms with Gasteiger partial charge in [-0.2, -0.15) is 4.98 Å². The molecule has 0 aromatic carbocycles. The number of nitrogens with one attached hydrogen (secondary N) is 2. The Hall–Kier alpha value is -1.43. The molecule has 3 heterocycles. The molecule has 2 aromatic rings. The minimum Gasteiger partial charge on any atom is -0.357 e. The molecule has 2 N–H and O–H groups in total. The van der Waals surface area contributed by atoms with E-state index in [1.54, 1.807) is 23.9 Å². The molecule has 9 heteroatoms. The highest BCUT2D eigenvalue weighted by molar-refractivity contribution is 7.92. The quantitative estimate of drug-likeness (QED) is 0.754. The standard InChI is InChI=1S/C13H16N5O2S.Al/c1-15-13-16-8-9-2-3-11(19)18(12(9)17-13)10-4-6-21(14,20)7-5-10;/h2,8,10,14H,4-7H2,1H3,(H,15,16,17);. The number of fused-ring (bicyclic) bond motifs is 1. The lowest BCUT2D eigenvalue weighted by molar-refractivity contribution is 0.459. The second kappa shape index (κ2) is 5.65. The van der Waals surface area contributed by atoms with E-state index >= 15 is 0 Å². The van der Waals surface area contributed by atoms with Gasteiger partial charge >= 0.3 is 0 Å². The van der Waals surface area contributed by atoms with E-state index in [-0.39, 0.29) is 11.6 Å². The molecule has 0 atom stereocenters. The first-order valence-electron chi connectivity index (χ1n) is 7.01. The van der Waals surface area contributed by atoms with E-state index in [0.29, 0.717) is 40.4 Å². The van der Waals surface area contributed by atoms with Crippen molar-refractivity contribution in [3.05, 3.63) is 22.6 Å². The van der Waals surface area contributed by atoms with Crippen LogP contribution in [0.2, 0.25) is 0 Å². The van der Waals surface area contributed by atoms with Gasteiger partial charge in [-0.05, 0) is 12.8 Å². The van der Waals surface area contributed by atoms with Crippen molar-refractivity contribution in [3.8, 4) is 0 Å². The molecule has 0 amide bonds. The first-order valence-corrected chi connectivity index (χ1v) is 9.48. The van der Waals surface area contributed by atoms with E-state index < -0.39 is 9.73 Å². The summed E-state index contributed by atoms with van der Waals surface area (Å²) < 4.78 is 21.8. The summed E-state index contributed by atoms with van der Waals surface area (Å²) in [5.41, 5.74) is 0.473. The SMILES string of the molecule is CNc1ncc2c[c]([Al])c(=O)n(C3CCS(=N)(=O)CC3)c2n1. The fourth-order valence-corrected chi connectivity index (χ4v) is 4.59. The van der Waals surface area contributed by atoms with Crippen LogP contribution in [0.25, 0.3) is 11.0 Å². The van der Waals surface area contributed by atoms with E-state index in [2.05, 4.69) is 31.6 Å². The van der Waals surface area contributed by atoms with Crippen LogP contribution in [0.4, 0.5) is 5.95 Å². The van der Waals surface area contributed by atoms with E-state index in [4.69, 9.17) is 4.78 Å². The normalized spacial score (nSPS) is 25.2. The molecule has 114 valence electrons. The Balaban J connectivity index is 2.18. The molecule has 0 saturated carbocycles. The van der Waals surface area contributed by atoms with Crippen molar-refractivity contribution in [2.75, 3.05) is 23.9 Å². The Bertz CT molecular complexity index is 879. The average Bonchev–Trinajstić information content (AvgIpc) is 2.49. The number of rotatable bonds is 2. The van der Waals surface area contributed by atoms with Crippen LogP contribution >= 0.6 is 0 Å². The maximum absolute atomic E-state index is 12.6. The lowest BCUT2D eigenvalue weighted by Gasteiger charge is -2.27. The van der Waals surface area contributed by atoms with Gasteiger partial charge in [-0.3, -0.25) is 14.1 Å². The predicted molar refractivity (Wildman–Crippen MR) is 87.6 cm³/mol. The van der Waals surface area contributed by atoms with E-state index in [0.717, 1.165) is 5.39 Å². The van der Waals surface area contributed by atoms with Crippen LogP contribution in [-0.2, 0) is 9.73 Å². The van der Waals surface area contributed by atoms with Gasteiger partial charge in [-0.25, -0.2) is 9.19 Å². The van der Waals surface area contributed by atoms with Gasteiger partial charge in [0.25, 0.3) is 0 Å². The van der Waals surface area contributed by atoms with Crippen molar-refractivity contribution in [1.29, 1.82) is 4.78 Å². The summed E-state index contributed by atoms with van der Waals surface area (Å²) in [5, 5.41) is 3.67. The smallest absolute Gasteiger partial charge is 0.236 e. The molecular formula is C13H16AlN5O2S. The molecule has 3 rings (SSSR count). The van der Waals surface area contributed by atoms with Crippen LogP contribution in [0.15, 0.2) is 17.1 Å². The van der Waals surface area contributed by atoms with Gasteiger partial charge in [-0.1, -0.05) is 10.5 Å². The first-order chi connectivity index (χ1) is 10.4. The monoisotopic (exact) mass is 333 g/mol. The summed E-state index contributed by atoms with van der Waals surface area (Å²) in [5.74, 6) is 1.12. The van der Waals surface area contributed by atoms with Gasteiger partial charge in [-0.15, -0.1) is 0 Å². The summed E-state index contributed by atoms with van der Waals surface area (Å²) in [6.45, 7) is 0. The molecule has 1 fully saturated rings. The zero-order valence-corrected chi connectivity index (χ0v) is 14.2. The molecule has 2 aromatic heterocycles. The second-order valence-corrected chi connectivity index (χ2v) is 8.51. The van der Waals surface area contributed by atoms with Crippen LogP contribution in [-0.4, -0.2) is 53.6 Å². The Morgan fingerprint density at radius 1 is 1.45 bits per heavy atom. The molecule has 1 saturated heterocycles. The van der Waals surface area contributed by atoms with Gasteiger partial charge in [0.05, 0.1) is 0 Å². The van der Waals surface area contributed by atoms with Gasteiger partial charge in [0.2, 0.25) is 11.5 Å². The fourth-order valence-electron chi connectivity index (χ4n) is 2.76. The van der Waals surface area contributed by atoms with E-state index in [9.17, 15) is 9.00 Å². The van der Waals surface area contributed by atoms with Crippen LogP contribution in [0, 0.1) is 4.78 Å². The van der Waals surface area contributed by atoms with Crippen molar-refractivity contribution in [3.63, 3.8) is 0 Å². The Morgan fingerprint density at radius 2 is 2.14 bits per heavy atom. The largest absolute Gasteiger partial charge is 0.357 e. The fraction of sp³-hybridized carbons (Fsp3) is 0.462. The topological polar surface area (TPSA) is 101 Å². The summed E-state index contributed by atoms with van der Waals surface area (Å²) in [7, 11) is -0.753. The van der Waals surface area contributed by atoms with Gasteiger partial charge < -0.3 is 5.32 Å². The van der Waals surface area contributed by atoms with Crippen molar-refractivity contribution < 1.29 is 4.21 Å². The van der Waals surface area contributed by atoms with E-state index in [1.165, 1.54) is 0 Å². The van der Waals surface area contributed by atoms with Crippen LogP contribution < -0.4 is 15.3 Å². The Morgan fingerprint density at radius 3 is 2.77 bits per heavy atom. The summed E-state index contributed by atoms with van der Waals surface area (Å²) >= 11 is 2.45. The maximum atomic E-state index is 12.6. The lowest BCUT2D eigenvalue weighted by Crippen LogP contribution is -2.39. The Labute approximate surface area is 136 Å². The Kier molecular flexibility index (Phi) is 3.97. The van der Waals surface area contributed by atoms with Gasteiger partial charge in [0, 0.05) is 45.9 Å². The molecule has 0 spiro atoms. The zero-order chi connectivity index (χ0) is 15.9. The number of hydrogen-bond donors (Lipinski definition) is 2. The number of nitrogens with zero attached hydrogens (tertiary/aromatic N) is 3. The molecule has 0 aliphatic carbocycles. The van der Waals surface area contributed by atoms with Crippen molar-refractivity contribution in [1.82, 2.24) is 14.5 Å². The highest BCUT2D eigenvalue weighted by atomic mass is 32.2. The van der Waals surface area contributed by atoms with Crippen LogP contribution in [0.1, 0.15) is 18.9 Å². The minimum absolute atomic E-state index is 0.0740. The van der Waals surface area contributed by atoms with Gasteiger partial charge in [0.15, 0.2) is 16.3 Å². The molecule has 22 heavy (non-hydrogen) atoms. The molecule has 1 aliphatic rings. The van der Waals surface area contributed by atoms with Crippen molar-refractivity contribution >= 4 is 47.4 Å². The number of pyridine rings is 1. The molecular weight excluding hydrogens is 317 g/mol. The average molecular weight is 333 g/mol. The third kappa shape index (κ3) is 2.76. The summed E-state index contributed by atoms with van der Waals surface area (Å²) in [6, 6.07) is 1.68. The van der Waals surface area contributed by atoms with Crippen LogP contribution in [0.3, 0.4) is 0 Å². The summed E-state index contributed by atoms with van der Waals surface area (Å²) in [4.78, 5) is 21.2. The molecule has 1 aliphatic heterocycles. The minimum atomic E-state index is -2.48. The lowest BCUT2D eigenvalue weighted by atomic mass is 10.1. The van der Waals surface area contributed by atoms with Crippen molar-refractivity contribution in [2.24, 2.45) is 0 Å². The number of aromatic nitrogens is 3. The number of anilines is 1. The third-order valence-electron chi connectivity index (χ3n) is 3.95. The maximum Gasteiger partial charge on any atom is 0.236 e. The number of hydrogen-bond acceptors (Lipinski definition) is 6. The van der Waals surface area contributed by atoms with Crippen molar-refractivity contribution in [2.45, 2.75) is 18.9 Å². The predicted octanol–water partition coefficient (Wildman–Crippen LogP) is 0.00867. The molecule has 0 unspecified atom stereocenters. The second-order valence-electron chi connectivity index (χ2n) is 5.45. The van der Waals surface area contributed by atoms with Crippen LogP contribution in [0.5, 0.6) is 0 Å². The first kappa shape index (κ1) is 15.5. The van der Waals surface area contributed by atoms with E-state index in [1.807, 2.05) is 0 Å². The highest BCUT2D eigenvalue weighted by Crippen LogP contribution is 2.25. The highest BCUT2D eigenvalue weighted by Gasteiger charge is 2.25. The third-order valence-corrected chi connectivity index (χ3v) is 6.16. The molecule has 2 radical (unpaired) electrons. The summed E-state index contributed by atoms with van der Waals surface area (Å²) in [6.07, 6.45) is 2.81. The molecule has 7 nitrogen and oxygen atoms in total. The van der Waals surface area contributed by atoms with Gasteiger partial charge in [0.1, 0.15) is 5.65 Å². The molecule has 0 bridgehead atoms.